The molecule has 1 saturated carbocycles. The average Bonchev–Trinajstić information content (AvgIpc) is 2.44. The Morgan fingerprint density at radius 2 is 1.93 bits per heavy atom. The third kappa shape index (κ3) is 2.08. The number of nitrogens with two attached hydrogens (primary N) is 1. The Labute approximate surface area is 91.1 Å². The number of allylic oxidation sites excluding steroid dienone is 1. The number of piperidine rings is 1. The lowest BCUT2D eigenvalue weighted by Gasteiger charge is -2.32. The van der Waals surface area contributed by atoms with Crippen molar-refractivity contribution in [1.29, 1.82) is 0 Å². The number of nitrogens with zero attached hydrogens (tertiary/aromatic N) is 1. The molecule has 1 aliphatic carbocycles. The van der Waals surface area contributed by atoms with Gasteiger partial charge in [-0.1, -0.05) is 12.2 Å². The summed E-state index contributed by atoms with van der Waals surface area (Å²) in [6.07, 6.45) is 6.13. The van der Waals surface area contributed by atoms with Crippen molar-refractivity contribution < 1.29 is 0 Å². The fraction of sp³-hybridized carbons (Fsp3) is 0.727. The van der Waals surface area contributed by atoms with Gasteiger partial charge in [-0.2, -0.15) is 0 Å². The minimum Gasteiger partial charge on any atom is -0.402 e. The van der Waals surface area contributed by atoms with E-state index in [9.17, 15) is 0 Å². The third-order valence-electron chi connectivity index (χ3n) is 3.27. The van der Waals surface area contributed by atoms with Crippen molar-refractivity contribution >= 4 is 17.2 Å². The molecule has 3 heteroatoms. The molecule has 0 aromatic heterocycles. The topological polar surface area (TPSA) is 29.3 Å². The Morgan fingerprint density at radius 1 is 1.36 bits per heavy atom. The summed E-state index contributed by atoms with van der Waals surface area (Å²) >= 11 is 5.35. The molecule has 2 N–H and O–H groups in total. The molecular weight excluding hydrogens is 192 g/mol. The molecule has 0 spiro atoms. The molecule has 78 valence electrons. The normalized spacial score (nSPS) is 32.1. The average molecular weight is 210 g/mol. The molecule has 2 nitrogen and oxygen atoms in total. The summed E-state index contributed by atoms with van der Waals surface area (Å²) in [6.45, 7) is 4.20. The fourth-order valence-electron chi connectivity index (χ4n) is 2.67. The summed E-state index contributed by atoms with van der Waals surface area (Å²) in [5, 5.41) is 0. The summed E-state index contributed by atoms with van der Waals surface area (Å²) in [7, 11) is 0. The van der Waals surface area contributed by atoms with Crippen molar-refractivity contribution in [3.8, 4) is 0 Å². The van der Waals surface area contributed by atoms with Crippen LogP contribution in [0.1, 0.15) is 26.2 Å². The Kier molecular flexibility index (Phi) is 2.77. The van der Waals surface area contributed by atoms with E-state index in [1.165, 1.54) is 19.3 Å². The van der Waals surface area contributed by atoms with Gasteiger partial charge in [0, 0.05) is 18.8 Å². The predicted octanol–water partition coefficient (Wildman–Crippen LogP) is 1.91. The number of hydrogen-bond donors (Lipinski definition) is 1. The standard InChI is InChI=1S/C11H18N2S/c1-8(12)4-11(14)13-6-9-2-3-10(5-9)7-13/h4,9-10H,2-3,5-7,12H2,1H3/t9-,10?/m1/s1. The van der Waals surface area contributed by atoms with E-state index >= 15 is 0 Å². The molecule has 2 atom stereocenters. The molecule has 1 saturated heterocycles. The van der Waals surface area contributed by atoms with Crippen LogP contribution in [0.2, 0.25) is 0 Å². The van der Waals surface area contributed by atoms with E-state index in [2.05, 4.69) is 4.90 Å². The first kappa shape index (κ1) is 9.97. The van der Waals surface area contributed by atoms with Crippen molar-refractivity contribution in [2.75, 3.05) is 13.1 Å². The summed E-state index contributed by atoms with van der Waals surface area (Å²) in [5.41, 5.74) is 6.44. The minimum atomic E-state index is 0.813. The second-order valence-electron chi connectivity index (χ2n) is 4.68. The SMILES string of the molecule is CC(N)=CC(=S)N1CC2CC[C@H](C2)C1. The van der Waals surface area contributed by atoms with Gasteiger partial charge in [-0.25, -0.2) is 0 Å². The van der Waals surface area contributed by atoms with Gasteiger partial charge in [0.1, 0.15) is 4.99 Å². The lowest BCUT2D eigenvalue weighted by atomic mass is 9.99. The van der Waals surface area contributed by atoms with Crippen LogP contribution in [0.5, 0.6) is 0 Å². The van der Waals surface area contributed by atoms with E-state index in [0.29, 0.717) is 0 Å². The van der Waals surface area contributed by atoms with E-state index in [-0.39, 0.29) is 0 Å². The van der Waals surface area contributed by atoms with Crippen LogP contribution < -0.4 is 5.73 Å². The minimum absolute atomic E-state index is 0.813. The molecule has 2 fully saturated rings. The highest BCUT2D eigenvalue weighted by atomic mass is 32.1. The van der Waals surface area contributed by atoms with E-state index in [0.717, 1.165) is 35.6 Å². The molecular formula is C11H18N2S. The van der Waals surface area contributed by atoms with Crippen LogP contribution in [0.15, 0.2) is 11.8 Å². The zero-order chi connectivity index (χ0) is 10.1. The molecule has 0 radical (unpaired) electrons. The summed E-state index contributed by atoms with van der Waals surface area (Å²) < 4.78 is 0. The Morgan fingerprint density at radius 3 is 2.43 bits per heavy atom. The zero-order valence-electron chi connectivity index (χ0n) is 8.70. The lowest BCUT2D eigenvalue weighted by molar-refractivity contribution is 0.257. The van der Waals surface area contributed by atoms with E-state index in [1.807, 2.05) is 13.0 Å². The monoisotopic (exact) mass is 210 g/mol. The van der Waals surface area contributed by atoms with Crippen LogP contribution in [0.3, 0.4) is 0 Å². The van der Waals surface area contributed by atoms with Crippen LogP contribution in [0.4, 0.5) is 0 Å². The van der Waals surface area contributed by atoms with Gasteiger partial charge in [0.2, 0.25) is 0 Å². The zero-order valence-corrected chi connectivity index (χ0v) is 9.52. The maximum Gasteiger partial charge on any atom is 0.103 e. The van der Waals surface area contributed by atoms with Crippen molar-refractivity contribution in [2.45, 2.75) is 26.2 Å². The largest absolute Gasteiger partial charge is 0.402 e. The quantitative estimate of drug-likeness (QED) is 0.529. The number of hydrogen-bond acceptors (Lipinski definition) is 2. The second-order valence-corrected chi connectivity index (χ2v) is 5.09. The Balaban J connectivity index is 1.99. The van der Waals surface area contributed by atoms with Crippen molar-refractivity contribution in [3.63, 3.8) is 0 Å². The highest BCUT2D eigenvalue weighted by Crippen LogP contribution is 2.36. The number of fused-ring (bicyclic) bond motifs is 2. The van der Waals surface area contributed by atoms with Crippen LogP contribution in [-0.2, 0) is 0 Å². The Hall–Kier alpha value is -0.570. The van der Waals surface area contributed by atoms with Crippen LogP contribution in [0, 0.1) is 11.8 Å². The molecule has 0 aromatic rings. The van der Waals surface area contributed by atoms with Crippen LogP contribution in [0.25, 0.3) is 0 Å². The van der Waals surface area contributed by atoms with E-state index in [4.69, 9.17) is 18.0 Å². The molecule has 2 rings (SSSR count). The van der Waals surface area contributed by atoms with Gasteiger partial charge < -0.3 is 10.6 Å². The Bertz CT molecular complexity index is 256. The van der Waals surface area contributed by atoms with Crippen molar-refractivity contribution in [2.24, 2.45) is 17.6 Å². The first-order valence-corrected chi connectivity index (χ1v) is 5.78. The summed E-state index contributed by atoms with van der Waals surface area (Å²) in [6, 6.07) is 0. The first-order valence-electron chi connectivity index (χ1n) is 5.38. The van der Waals surface area contributed by atoms with Gasteiger partial charge in [-0.15, -0.1) is 0 Å². The van der Waals surface area contributed by atoms with Crippen LogP contribution >= 0.6 is 12.2 Å². The second kappa shape index (κ2) is 3.89. The lowest BCUT2D eigenvalue weighted by Crippen LogP contribution is -2.39. The maximum atomic E-state index is 5.63. The van der Waals surface area contributed by atoms with E-state index < -0.39 is 0 Å². The smallest absolute Gasteiger partial charge is 0.103 e. The van der Waals surface area contributed by atoms with Gasteiger partial charge in [0.05, 0.1) is 0 Å². The van der Waals surface area contributed by atoms with Crippen molar-refractivity contribution in [3.05, 3.63) is 11.8 Å². The first-order chi connectivity index (χ1) is 6.65. The summed E-state index contributed by atoms with van der Waals surface area (Å²) in [4.78, 5) is 3.26. The highest BCUT2D eigenvalue weighted by Gasteiger charge is 2.33. The predicted molar refractivity (Wildman–Crippen MR) is 62.9 cm³/mol. The molecule has 1 unspecified atom stereocenters. The molecule has 0 amide bonds. The molecule has 2 bridgehead atoms. The number of thiocarbonyl (C=S) groups is 1. The van der Waals surface area contributed by atoms with Gasteiger partial charge in [0.25, 0.3) is 0 Å². The molecule has 14 heavy (non-hydrogen) atoms. The van der Waals surface area contributed by atoms with Gasteiger partial charge in [0.15, 0.2) is 0 Å². The number of likely N-dealkylation sites (tertiary alicyclic amines) is 1. The summed E-state index contributed by atoms with van der Waals surface area (Å²) in [5.74, 6) is 1.77. The van der Waals surface area contributed by atoms with E-state index in [1.54, 1.807) is 0 Å². The van der Waals surface area contributed by atoms with Gasteiger partial charge >= 0.3 is 0 Å². The van der Waals surface area contributed by atoms with Gasteiger partial charge in [-0.3, -0.25) is 0 Å². The maximum absolute atomic E-state index is 5.63. The molecule has 2 aliphatic rings. The fourth-order valence-corrected chi connectivity index (χ4v) is 3.01. The molecule has 1 aliphatic heterocycles. The van der Waals surface area contributed by atoms with Crippen molar-refractivity contribution in [1.82, 2.24) is 4.90 Å². The molecule has 0 aromatic carbocycles. The van der Waals surface area contributed by atoms with Crippen LogP contribution in [-0.4, -0.2) is 23.0 Å². The third-order valence-corrected chi connectivity index (χ3v) is 3.65. The molecule has 1 heterocycles. The number of rotatable bonds is 1. The van der Waals surface area contributed by atoms with Gasteiger partial charge in [-0.05, 0) is 44.1 Å². The highest BCUT2D eigenvalue weighted by molar-refractivity contribution is 7.80.